The predicted octanol–water partition coefficient (Wildman–Crippen LogP) is 2.87. The van der Waals surface area contributed by atoms with E-state index in [2.05, 4.69) is 25.0 Å². The number of halogens is 3. The minimum absolute atomic E-state index is 0.0712. The lowest BCUT2D eigenvalue weighted by molar-refractivity contribution is -0.137. The number of hydrogen-bond acceptors (Lipinski definition) is 8. The van der Waals surface area contributed by atoms with Gasteiger partial charge in [-0.2, -0.15) is 18.3 Å². The molecule has 1 aliphatic rings. The van der Waals surface area contributed by atoms with Crippen LogP contribution in [-0.2, 0) is 17.5 Å². The number of thiazole rings is 1. The first-order valence-corrected chi connectivity index (χ1v) is 11.1. The Morgan fingerprint density at radius 3 is 2.39 bits per heavy atom. The summed E-state index contributed by atoms with van der Waals surface area (Å²) in [6.07, 6.45) is -1.60. The molecule has 1 fully saturated rings. The first-order chi connectivity index (χ1) is 15.5. The molecule has 13 heteroatoms. The number of aryl methyl sites for hydroxylation is 3. The summed E-state index contributed by atoms with van der Waals surface area (Å²) in [5.41, 5.74) is 0.624. The summed E-state index contributed by atoms with van der Waals surface area (Å²) in [6, 6.07) is -0.213. The zero-order valence-electron chi connectivity index (χ0n) is 18.6. The first kappa shape index (κ1) is 23.1. The average Bonchev–Trinajstić information content (AvgIpc) is 3.32. The number of carbonyl (C=O) groups is 1. The van der Waals surface area contributed by atoms with Crippen molar-refractivity contribution in [3.05, 3.63) is 34.9 Å². The third-order valence-corrected chi connectivity index (χ3v) is 6.55. The fourth-order valence-electron chi connectivity index (χ4n) is 3.79. The lowest BCUT2D eigenvalue weighted by atomic mass is 10.1. The van der Waals surface area contributed by atoms with Gasteiger partial charge in [0, 0.05) is 43.6 Å². The Kier molecular flexibility index (Phi) is 6.08. The van der Waals surface area contributed by atoms with Crippen LogP contribution in [0.25, 0.3) is 11.3 Å². The molecule has 1 amide bonds. The normalized spacial score (nSPS) is 17.0. The topological polar surface area (TPSA) is 92.9 Å². The second-order valence-corrected chi connectivity index (χ2v) is 8.91. The quantitative estimate of drug-likeness (QED) is 0.567. The number of alkyl halides is 3. The first-order valence-electron chi connectivity index (χ1n) is 10.3. The molecule has 0 unspecified atom stereocenters. The summed E-state index contributed by atoms with van der Waals surface area (Å²) < 4.78 is 41.9. The lowest BCUT2D eigenvalue weighted by Gasteiger charge is -2.40. The molecule has 9 nitrogen and oxygen atoms in total. The van der Waals surface area contributed by atoms with Gasteiger partial charge in [-0.15, -0.1) is 0 Å². The summed E-state index contributed by atoms with van der Waals surface area (Å²) >= 11 is 0.599. The molecular formula is C20H23F3N8OS. The van der Waals surface area contributed by atoms with Crippen LogP contribution in [0.2, 0.25) is 0 Å². The van der Waals surface area contributed by atoms with E-state index in [4.69, 9.17) is 0 Å². The maximum absolute atomic E-state index is 13.4. The number of nitrogens with zero attached hydrogens (tertiary/aromatic N) is 8. The summed E-state index contributed by atoms with van der Waals surface area (Å²) in [4.78, 5) is 32.7. The highest BCUT2D eigenvalue weighted by Gasteiger charge is 2.38. The Labute approximate surface area is 192 Å². The summed E-state index contributed by atoms with van der Waals surface area (Å²) in [6.45, 7) is 8.32. The highest BCUT2D eigenvalue weighted by atomic mass is 32.1. The molecule has 1 aliphatic heterocycles. The van der Waals surface area contributed by atoms with E-state index in [0.29, 0.717) is 59.0 Å². The van der Waals surface area contributed by atoms with Gasteiger partial charge in [0.2, 0.25) is 10.9 Å². The average molecular weight is 481 g/mol. The number of rotatable bonds is 4. The van der Waals surface area contributed by atoms with Gasteiger partial charge in [-0.05, 0) is 27.7 Å². The molecule has 33 heavy (non-hydrogen) atoms. The molecule has 1 saturated heterocycles. The number of aromatic nitrogens is 6. The van der Waals surface area contributed by atoms with Gasteiger partial charge in [0.05, 0.1) is 0 Å². The molecule has 3 aromatic rings. The van der Waals surface area contributed by atoms with Crippen molar-refractivity contribution in [1.29, 1.82) is 0 Å². The van der Waals surface area contributed by atoms with Gasteiger partial charge < -0.3 is 9.80 Å². The van der Waals surface area contributed by atoms with E-state index in [1.807, 2.05) is 11.8 Å². The van der Waals surface area contributed by atoms with Gasteiger partial charge in [-0.3, -0.25) is 4.79 Å². The second kappa shape index (κ2) is 8.69. The molecule has 0 aliphatic carbocycles. The molecular weight excluding hydrogens is 457 g/mol. The molecule has 1 atom stereocenters. The number of piperazine rings is 1. The Morgan fingerprint density at radius 2 is 1.82 bits per heavy atom. The highest BCUT2D eigenvalue weighted by Crippen LogP contribution is 2.42. The zero-order valence-corrected chi connectivity index (χ0v) is 19.4. The molecule has 3 aromatic heterocycles. The van der Waals surface area contributed by atoms with Crippen LogP contribution in [0.4, 0.5) is 18.2 Å². The van der Waals surface area contributed by atoms with E-state index in [0.717, 1.165) is 0 Å². The smallest absolute Gasteiger partial charge is 0.358 e. The van der Waals surface area contributed by atoms with Crippen molar-refractivity contribution in [1.82, 2.24) is 34.6 Å². The number of anilines is 1. The monoisotopic (exact) mass is 480 g/mol. The maximum atomic E-state index is 13.4. The zero-order chi connectivity index (χ0) is 23.9. The van der Waals surface area contributed by atoms with Crippen LogP contribution in [0.3, 0.4) is 0 Å². The van der Waals surface area contributed by atoms with E-state index in [-0.39, 0.29) is 24.2 Å². The van der Waals surface area contributed by atoms with E-state index >= 15 is 0 Å². The number of carbonyl (C=O) groups excluding carboxylic acids is 1. The van der Waals surface area contributed by atoms with Crippen LogP contribution in [-0.4, -0.2) is 66.2 Å². The van der Waals surface area contributed by atoms with Gasteiger partial charge in [0.15, 0.2) is 0 Å². The number of hydrogen-bond donors (Lipinski definition) is 0. The fraction of sp³-hybridized carbons (Fsp3) is 0.500. The minimum Gasteiger partial charge on any atom is -0.358 e. The predicted molar refractivity (Wildman–Crippen MR) is 116 cm³/mol. The van der Waals surface area contributed by atoms with Crippen molar-refractivity contribution in [2.75, 3.05) is 24.5 Å². The van der Waals surface area contributed by atoms with Gasteiger partial charge >= 0.3 is 6.18 Å². The van der Waals surface area contributed by atoms with Crippen LogP contribution in [0.1, 0.15) is 29.4 Å². The van der Waals surface area contributed by atoms with Crippen LogP contribution in [0, 0.1) is 20.8 Å². The van der Waals surface area contributed by atoms with E-state index in [9.17, 15) is 18.0 Å². The Hall–Kier alpha value is -3.09. The molecule has 0 radical (unpaired) electrons. The third kappa shape index (κ3) is 4.82. The van der Waals surface area contributed by atoms with Gasteiger partial charge in [-0.1, -0.05) is 11.3 Å². The maximum Gasteiger partial charge on any atom is 0.443 e. The fourth-order valence-corrected chi connectivity index (χ4v) is 4.78. The molecule has 4 heterocycles. The van der Waals surface area contributed by atoms with Crippen molar-refractivity contribution in [3.8, 4) is 11.3 Å². The molecule has 4 rings (SSSR count). The molecule has 0 N–H and O–H groups in total. The lowest BCUT2D eigenvalue weighted by Crippen LogP contribution is -2.54. The SMILES string of the molecule is Cc1ncc(-c2nc(C(F)(F)F)sc2N2CCN(C(=O)Cn3nc(C)nc3C)[C@H](C)C2)cn1. The van der Waals surface area contributed by atoms with Gasteiger partial charge in [0.1, 0.15) is 34.7 Å². The molecule has 0 bridgehead atoms. The molecule has 0 saturated carbocycles. The van der Waals surface area contributed by atoms with Crippen LogP contribution >= 0.6 is 11.3 Å². The van der Waals surface area contributed by atoms with Gasteiger partial charge in [0.25, 0.3) is 0 Å². The molecule has 0 aromatic carbocycles. The van der Waals surface area contributed by atoms with Crippen LogP contribution in [0.15, 0.2) is 12.4 Å². The summed E-state index contributed by atoms with van der Waals surface area (Å²) in [5, 5.41) is 3.71. The van der Waals surface area contributed by atoms with Crippen molar-refractivity contribution in [3.63, 3.8) is 0 Å². The Balaban J connectivity index is 1.56. The molecule has 0 spiro atoms. The Bertz CT molecular complexity index is 1160. The minimum atomic E-state index is -4.56. The summed E-state index contributed by atoms with van der Waals surface area (Å²) in [5.74, 6) is 1.66. The van der Waals surface area contributed by atoms with Crippen LogP contribution < -0.4 is 4.90 Å². The largest absolute Gasteiger partial charge is 0.443 e. The highest BCUT2D eigenvalue weighted by molar-refractivity contribution is 7.16. The van der Waals surface area contributed by atoms with Crippen molar-refractivity contribution < 1.29 is 18.0 Å². The second-order valence-electron chi connectivity index (χ2n) is 7.94. The van der Waals surface area contributed by atoms with Crippen molar-refractivity contribution in [2.24, 2.45) is 0 Å². The molecule has 176 valence electrons. The standard InChI is InChI=1S/C20H23F3N8OS/c1-11-9-29(5-6-30(11)16(32)10-31-14(4)26-13(3)28-31)18-17(15-7-24-12(2)25-8-15)27-19(33-18)20(21,22)23/h7-8,11H,5-6,9-10H2,1-4H3/t11-/m1/s1. The van der Waals surface area contributed by atoms with Crippen LogP contribution in [0.5, 0.6) is 0 Å². The van der Waals surface area contributed by atoms with E-state index in [1.165, 1.54) is 12.4 Å². The van der Waals surface area contributed by atoms with E-state index in [1.54, 1.807) is 30.4 Å². The summed E-state index contributed by atoms with van der Waals surface area (Å²) in [7, 11) is 0. The van der Waals surface area contributed by atoms with Crippen molar-refractivity contribution in [2.45, 2.75) is 46.5 Å². The Morgan fingerprint density at radius 1 is 1.12 bits per heavy atom. The van der Waals surface area contributed by atoms with Crippen molar-refractivity contribution >= 4 is 22.2 Å². The third-order valence-electron chi connectivity index (χ3n) is 5.39. The van der Waals surface area contributed by atoms with E-state index < -0.39 is 11.2 Å². The van der Waals surface area contributed by atoms with Gasteiger partial charge in [-0.25, -0.2) is 24.6 Å². The number of amides is 1.